The highest BCUT2D eigenvalue weighted by atomic mass is 32.1. The summed E-state index contributed by atoms with van der Waals surface area (Å²) in [5.74, 6) is -2.37. The Morgan fingerprint density at radius 3 is 2.78 bits per heavy atom. The summed E-state index contributed by atoms with van der Waals surface area (Å²) in [6.07, 6.45) is -4.41. The molecular formula is C21H25F4N7O4S. The third-order valence-corrected chi connectivity index (χ3v) is 6.69. The molecular weight excluding hydrogens is 522 g/mol. The predicted molar refractivity (Wildman–Crippen MR) is 122 cm³/mol. The van der Waals surface area contributed by atoms with Crippen LogP contribution in [0.5, 0.6) is 0 Å². The topological polar surface area (TPSA) is 119 Å². The fraction of sp³-hybridized carbons (Fsp3) is 0.524. The van der Waals surface area contributed by atoms with Gasteiger partial charge in [0.15, 0.2) is 0 Å². The number of urea groups is 1. The van der Waals surface area contributed by atoms with E-state index < -0.39 is 36.5 Å². The van der Waals surface area contributed by atoms with E-state index in [1.54, 1.807) is 11.7 Å². The number of cyclic esters (lactones) is 1. The van der Waals surface area contributed by atoms with E-state index in [0.717, 1.165) is 15.9 Å². The molecule has 1 aliphatic carbocycles. The molecule has 2 saturated heterocycles. The van der Waals surface area contributed by atoms with Crippen molar-refractivity contribution in [3.63, 3.8) is 0 Å². The number of nitrogens with zero attached hydrogens (tertiary/aromatic N) is 4. The third-order valence-electron chi connectivity index (χ3n) is 5.91. The lowest BCUT2D eigenvalue weighted by Crippen LogP contribution is -2.48. The van der Waals surface area contributed by atoms with Crippen molar-refractivity contribution in [1.29, 1.82) is 0 Å². The molecule has 4 rings (SSSR count). The first kappa shape index (κ1) is 26.7. The van der Waals surface area contributed by atoms with Crippen molar-refractivity contribution < 1.29 is 36.7 Å². The quantitative estimate of drug-likeness (QED) is 0.443. The van der Waals surface area contributed by atoms with E-state index in [2.05, 4.69) is 15.7 Å². The molecule has 1 unspecified atom stereocenters. The zero-order chi connectivity index (χ0) is 26.5. The number of nitrogens with one attached hydrogen (secondary N) is 3. The van der Waals surface area contributed by atoms with Crippen molar-refractivity contribution in [1.82, 2.24) is 35.9 Å². The lowest BCUT2D eigenvalue weighted by Gasteiger charge is -2.32. The van der Waals surface area contributed by atoms with Crippen molar-refractivity contribution >= 4 is 29.4 Å². The second-order valence-electron chi connectivity index (χ2n) is 8.38. The smallest absolute Gasteiger partial charge is 0.414 e. The van der Waals surface area contributed by atoms with Crippen molar-refractivity contribution in [3.8, 4) is 0 Å². The summed E-state index contributed by atoms with van der Waals surface area (Å²) >= 11 is 1.40. The Bertz CT molecular complexity index is 1070. The molecule has 202 valence electrons. The maximum Gasteiger partial charge on any atom is 0.414 e. The summed E-state index contributed by atoms with van der Waals surface area (Å²) in [6, 6.07) is -0.376. The molecule has 3 N–H and O–H groups in total. The van der Waals surface area contributed by atoms with E-state index in [9.17, 15) is 23.2 Å². The highest BCUT2D eigenvalue weighted by Gasteiger charge is 2.38. The summed E-state index contributed by atoms with van der Waals surface area (Å²) in [5.41, 5.74) is 4.46. The van der Waals surface area contributed by atoms with E-state index in [1.807, 2.05) is 5.32 Å². The highest BCUT2D eigenvalue weighted by molar-refractivity contribution is 7.09. The molecule has 2 fully saturated rings. The van der Waals surface area contributed by atoms with Crippen LogP contribution in [0, 0.1) is 0 Å². The summed E-state index contributed by atoms with van der Waals surface area (Å²) in [4.78, 5) is 43.1. The van der Waals surface area contributed by atoms with Gasteiger partial charge in [0.05, 0.1) is 37.4 Å². The van der Waals surface area contributed by atoms with E-state index in [4.69, 9.17) is 4.74 Å². The minimum absolute atomic E-state index is 0.0402. The SMILES string of the molecule is O=C(NC[C@H]1CN(C2=CC(F)=C(N3CCNN(C(=O)NCc4cncs4)CC3)C(F)C2)C(=O)O1)C(F)F. The summed E-state index contributed by atoms with van der Waals surface area (Å²) in [5, 5.41) is 6.06. The zero-order valence-electron chi connectivity index (χ0n) is 19.5. The number of ether oxygens (including phenoxy) is 1. The number of alkyl halides is 3. The normalized spacial score (nSPS) is 22.7. The van der Waals surface area contributed by atoms with E-state index in [1.165, 1.54) is 21.2 Å². The molecule has 0 aromatic carbocycles. The fourth-order valence-electron chi connectivity index (χ4n) is 4.13. The first-order valence-electron chi connectivity index (χ1n) is 11.4. The fourth-order valence-corrected chi connectivity index (χ4v) is 4.67. The molecule has 4 amide bonds. The van der Waals surface area contributed by atoms with Gasteiger partial charge in [-0.25, -0.2) is 23.8 Å². The highest BCUT2D eigenvalue weighted by Crippen LogP contribution is 2.33. The Hall–Kier alpha value is -3.40. The van der Waals surface area contributed by atoms with E-state index >= 15 is 8.78 Å². The lowest BCUT2D eigenvalue weighted by molar-refractivity contribution is -0.132. The third kappa shape index (κ3) is 6.49. The molecule has 0 bridgehead atoms. The van der Waals surface area contributed by atoms with Gasteiger partial charge in [-0.3, -0.25) is 19.7 Å². The summed E-state index contributed by atoms with van der Waals surface area (Å²) in [6.45, 7) is 0.647. The maximum atomic E-state index is 15.2. The molecule has 3 heterocycles. The number of hydrazine groups is 1. The molecule has 0 spiro atoms. The van der Waals surface area contributed by atoms with Crippen LogP contribution in [0.1, 0.15) is 11.3 Å². The minimum atomic E-state index is -3.21. The number of rotatable bonds is 7. The van der Waals surface area contributed by atoms with Gasteiger partial charge in [-0.1, -0.05) is 0 Å². The zero-order valence-corrected chi connectivity index (χ0v) is 20.3. The molecule has 3 aliphatic rings. The van der Waals surface area contributed by atoms with Gasteiger partial charge in [-0.2, -0.15) is 8.78 Å². The first-order chi connectivity index (χ1) is 17.7. The van der Waals surface area contributed by atoms with Crippen molar-refractivity contribution in [2.24, 2.45) is 0 Å². The van der Waals surface area contributed by atoms with Crippen LogP contribution < -0.4 is 16.1 Å². The average Bonchev–Trinajstić information content (AvgIpc) is 3.44. The Kier molecular flexibility index (Phi) is 8.48. The lowest BCUT2D eigenvalue weighted by atomic mass is 10.0. The number of halogens is 4. The van der Waals surface area contributed by atoms with Crippen molar-refractivity contribution in [2.45, 2.75) is 31.7 Å². The predicted octanol–water partition coefficient (Wildman–Crippen LogP) is 1.48. The van der Waals surface area contributed by atoms with Crippen LogP contribution in [0.3, 0.4) is 0 Å². The number of hydrogen-bond donors (Lipinski definition) is 3. The Morgan fingerprint density at radius 1 is 1.27 bits per heavy atom. The largest absolute Gasteiger partial charge is 0.442 e. The molecule has 0 saturated carbocycles. The first-order valence-corrected chi connectivity index (χ1v) is 12.3. The Balaban J connectivity index is 1.35. The second-order valence-corrected chi connectivity index (χ2v) is 9.35. The summed E-state index contributed by atoms with van der Waals surface area (Å²) in [7, 11) is 0. The molecule has 1 aromatic rings. The van der Waals surface area contributed by atoms with Gasteiger partial charge in [0.25, 0.3) is 5.91 Å². The molecule has 2 aliphatic heterocycles. The van der Waals surface area contributed by atoms with E-state index in [-0.39, 0.29) is 63.1 Å². The van der Waals surface area contributed by atoms with Gasteiger partial charge in [0.2, 0.25) is 0 Å². The van der Waals surface area contributed by atoms with Gasteiger partial charge in [0, 0.05) is 42.8 Å². The molecule has 16 heteroatoms. The Labute approximate surface area is 213 Å². The Morgan fingerprint density at radius 2 is 2.08 bits per heavy atom. The number of carbonyl (C=O) groups is 3. The number of allylic oxidation sites excluding steroid dienone is 4. The number of thiazole rings is 1. The molecule has 0 radical (unpaired) electrons. The monoisotopic (exact) mass is 547 g/mol. The van der Waals surface area contributed by atoms with Gasteiger partial charge in [-0.05, 0) is 6.08 Å². The molecule has 37 heavy (non-hydrogen) atoms. The average molecular weight is 548 g/mol. The van der Waals surface area contributed by atoms with Gasteiger partial charge < -0.3 is 20.3 Å². The second kappa shape index (κ2) is 11.8. The van der Waals surface area contributed by atoms with Crippen LogP contribution in [0.15, 0.2) is 35.0 Å². The van der Waals surface area contributed by atoms with E-state index in [0.29, 0.717) is 6.54 Å². The van der Waals surface area contributed by atoms with Crippen molar-refractivity contribution in [2.75, 3.05) is 39.3 Å². The molecule has 2 atom stereocenters. The maximum absolute atomic E-state index is 15.2. The van der Waals surface area contributed by atoms with Crippen LogP contribution in [0.2, 0.25) is 0 Å². The van der Waals surface area contributed by atoms with Gasteiger partial charge in [-0.15, -0.1) is 11.3 Å². The van der Waals surface area contributed by atoms with Crippen LogP contribution in [-0.2, 0) is 16.1 Å². The van der Waals surface area contributed by atoms with Gasteiger partial charge in [0.1, 0.15) is 18.1 Å². The minimum Gasteiger partial charge on any atom is -0.442 e. The van der Waals surface area contributed by atoms with Crippen LogP contribution in [-0.4, -0.2) is 95.8 Å². The number of aromatic nitrogens is 1. The van der Waals surface area contributed by atoms with Crippen LogP contribution in [0.4, 0.5) is 27.2 Å². The van der Waals surface area contributed by atoms with Crippen molar-refractivity contribution in [3.05, 3.63) is 39.9 Å². The number of carbonyl (C=O) groups excluding carboxylic acids is 3. The van der Waals surface area contributed by atoms with Gasteiger partial charge >= 0.3 is 18.5 Å². The van der Waals surface area contributed by atoms with Crippen LogP contribution >= 0.6 is 11.3 Å². The number of hydrogen-bond acceptors (Lipinski definition) is 8. The van der Waals surface area contributed by atoms with Crippen LogP contribution in [0.25, 0.3) is 0 Å². The number of amides is 4. The molecule has 1 aromatic heterocycles. The molecule has 11 nitrogen and oxygen atoms in total. The summed E-state index contributed by atoms with van der Waals surface area (Å²) < 4.78 is 60.0. The standard InChI is InChI=1S/C21H25F4N7O4S/c22-15-5-12(31-10-13(36-21(31)35)7-27-19(33)18(24)25)6-16(23)17(15)30-2-1-29-32(4-3-30)20(34)28-9-14-8-26-11-37-14/h5,8,11,13,16,18,29H,1-4,6-7,9-10H2,(H,27,33)(H,28,34)/t13-,16?/m0/s1.